The summed E-state index contributed by atoms with van der Waals surface area (Å²) in [6.45, 7) is 0.974. The Kier molecular flexibility index (Phi) is 4.49. The topological polar surface area (TPSA) is 119 Å². The van der Waals surface area contributed by atoms with E-state index in [1.807, 2.05) is 5.43 Å². The fourth-order valence-corrected chi connectivity index (χ4v) is 2.34. The van der Waals surface area contributed by atoms with E-state index in [2.05, 4.69) is 0 Å². The van der Waals surface area contributed by atoms with E-state index in [9.17, 15) is 19.7 Å². The van der Waals surface area contributed by atoms with Crippen LogP contribution in [0.1, 0.15) is 28.8 Å². The molecule has 1 aliphatic rings. The zero-order valence-electron chi connectivity index (χ0n) is 11.4. The Bertz CT molecular complexity index is 588. The molecular formula is C13H16N4O4. The van der Waals surface area contributed by atoms with Gasteiger partial charge in [0.15, 0.2) is 0 Å². The lowest BCUT2D eigenvalue weighted by molar-refractivity contribution is -0.384. The van der Waals surface area contributed by atoms with Crippen LogP contribution in [0.25, 0.3) is 0 Å². The fourth-order valence-electron chi connectivity index (χ4n) is 2.34. The third-order valence-electron chi connectivity index (χ3n) is 3.47. The van der Waals surface area contributed by atoms with Crippen LogP contribution in [-0.4, -0.2) is 34.7 Å². The maximum Gasteiger partial charge on any atom is 0.270 e. The highest BCUT2D eigenvalue weighted by Gasteiger charge is 2.26. The molecule has 0 radical (unpaired) electrons. The minimum absolute atomic E-state index is 0.0912. The molecule has 2 amide bonds. The van der Waals surface area contributed by atoms with Crippen molar-refractivity contribution in [3.63, 3.8) is 0 Å². The molecule has 3 N–H and O–H groups in total. The maximum absolute atomic E-state index is 12.3. The van der Waals surface area contributed by atoms with Crippen molar-refractivity contribution in [1.29, 1.82) is 0 Å². The third kappa shape index (κ3) is 3.34. The van der Waals surface area contributed by atoms with Crippen molar-refractivity contribution in [2.75, 3.05) is 13.1 Å². The minimum Gasteiger partial charge on any atom is -0.338 e. The number of hydrazine groups is 1. The average molecular weight is 292 g/mol. The summed E-state index contributed by atoms with van der Waals surface area (Å²) in [5, 5.41) is 10.8. The Labute approximate surface area is 121 Å². The van der Waals surface area contributed by atoms with Crippen LogP contribution in [0.4, 0.5) is 5.69 Å². The van der Waals surface area contributed by atoms with Gasteiger partial charge in [0.2, 0.25) is 5.91 Å². The Morgan fingerprint density at radius 2 is 2.24 bits per heavy atom. The number of non-ortho nitro benzene ring substituents is 1. The zero-order chi connectivity index (χ0) is 15.4. The number of nitrogens with two attached hydrogens (primary N) is 1. The second-order valence-corrected chi connectivity index (χ2v) is 4.81. The highest BCUT2D eigenvalue weighted by atomic mass is 16.6. The zero-order valence-corrected chi connectivity index (χ0v) is 11.4. The van der Waals surface area contributed by atoms with E-state index >= 15 is 0 Å². The van der Waals surface area contributed by atoms with Crippen LogP contribution in [0.5, 0.6) is 0 Å². The van der Waals surface area contributed by atoms with Crippen molar-refractivity contribution in [2.24, 2.45) is 5.84 Å². The molecule has 2 rings (SSSR count). The van der Waals surface area contributed by atoms with Crippen molar-refractivity contribution in [2.45, 2.75) is 19.3 Å². The SMILES string of the molecule is NNC(=O)CCCN1CCc2ccc([N+](=O)[O-])cc2C1=O. The Morgan fingerprint density at radius 3 is 2.90 bits per heavy atom. The predicted molar refractivity (Wildman–Crippen MR) is 74.3 cm³/mol. The lowest BCUT2D eigenvalue weighted by atomic mass is 9.98. The number of carbonyl (C=O) groups excluding carboxylic acids is 2. The van der Waals surface area contributed by atoms with Gasteiger partial charge in [-0.1, -0.05) is 6.07 Å². The first-order chi connectivity index (χ1) is 10.0. The van der Waals surface area contributed by atoms with Crippen LogP contribution in [0.15, 0.2) is 18.2 Å². The molecule has 0 aliphatic carbocycles. The second kappa shape index (κ2) is 6.31. The van der Waals surface area contributed by atoms with Crippen molar-refractivity contribution in [3.05, 3.63) is 39.4 Å². The van der Waals surface area contributed by atoms with Crippen molar-refractivity contribution < 1.29 is 14.5 Å². The molecule has 0 saturated carbocycles. The molecule has 0 saturated heterocycles. The van der Waals surface area contributed by atoms with Crippen LogP contribution in [0.3, 0.4) is 0 Å². The smallest absolute Gasteiger partial charge is 0.270 e. The van der Waals surface area contributed by atoms with Crippen LogP contribution < -0.4 is 11.3 Å². The first-order valence-corrected chi connectivity index (χ1v) is 6.59. The molecule has 8 heteroatoms. The molecule has 0 atom stereocenters. The lowest BCUT2D eigenvalue weighted by Crippen LogP contribution is -2.39. The summed E-state index contributed by atoms with van der Waals surface area (Å²) in [6.07, 6.45) is 1.39. The monoisotopic (exact) mass is 292 g/mol. The quantitative estimate of drug-likeness (QED) is 0.351. The number of benzene rings is 1. The molecule has 1 aliphatic heterocycles. The fraction of sp³-hybridized carbons (Fsp3) is 0.385. The van der Waals surface area contributed by atoms with E-state index in [4.69, 9.17) is 5.84 Å². The number of nitro benzene ring substituents is 1. The first-order valence-electron chi connectivity index (χ1n) is 6.59. The van der Waals surface area contributed by atoms with E-state index in [1.165, 1.54) is 12.1 Å². The first kappa shape index (κ1) is 14.9. The molecule has 1 heterocycles. The number of nitrogens with one attached hydrogen (secondary N) is 1. The van der Waals surface area contributed by atoms with Crippen LogP contribution >= 0.6 is 0 Å². The highest BCUT2D eigenvalue weighted by molar-refractivity contribution is 5.97. The number of hydrogen-bond acceptors (Lipinski definition) is 5. The number of carbonyl (C=O) groups is 2. The van der Waals surface area contributed by atoms with Crippen LogP contribution in [-0.2, 0) is 11.2 Å². The van der Waals surface area contributed by atoms with E-state index in [0.717, 1.165) is 5.56 Å². The number of fused-ring (bicyclic) bond motifs is 1. The van der Waals surface area contributed by atoms with Gasteiger partial charge in [0.25, 0.3) is 11.6 Å². The predicted octanol–water partition coefficient (Wildman–Crippen LogP) is 0.363. The standard InChI is InChI=1S/C13H16N4O4/c14-15-12(18)2-1-6-16-7-5-9-3-4-10(17(20)21)8-11(9)13(16)19/h3-4,8H,1-2,5-7,14H2,(H,15,18). The summed E-state index contributed by atoms with van der Waals surface area (Å²) in [7, 11) is 0. The third-order valence-corrected chi connectivity index (χ3v) is 3.47. The lowest BCUT2D eigenvalue weighted by Gasteiger charge is -2.28. The molecule has 21 heavy (non-hydrogen) atoms. The van der Waals surface area contributed by atoms with Gasteiger partial charge in [0.05, 0.1) is 4.92 Å². The summed E-state index contributed by atoms with van der Waals surface area (Å²) in [6, 6.07) is 4.36. The number of nitro groups is 1. The molecule has 0 aromatic heterocycles. The van der Waals surface area contributed by atoms with Gasteiger partial charge in [0, 0.05) is 37.2 Å². The molecule has 0 unspecified atom stereocenters. The molecule has 0 spiro atoms. The van der Waals surface area contributed by atoms with Gasteiger partial charge in [-0.3, -0.25) is 25.1 Å². The Hall–Kier alpha value is -2.48. The van der Waals surface area contributed by atoms with Crippen LogP contribution in [0, 0.1) is 10.1 Å². The van der Waals surface area contributed by atoms with Gasteiger partial charge in [-0.05, 0) is 18.4 Å². The summed E-state index contributed by atoms with van der Waals surface area (Å²) < 4.78 is 0. The van der Waals surface area contributed by atoms with Crippen molar-refractivity contribution >= 4 is 17.5 Å². The maximum atomic E-state index is 12.3. The number of nitrogens with zero attached hydrogens (tertiary/aromatic N) is 2. The Morgan fingerprint density at radius 1 is 1.48 bits per heavy atom. The van der Waals surface area contributed by atoms with Gasteiger partial charge in [-0.15, -0.1) is 0 Å². The molecule has 8 nitrogen and oxygen atoms in total. The molecular weight excluding hydrogens is 276 g/mol. The number of amides is 2. The Balaban J connectivity index is 2.06. The number of hydrogen-bond donors (Lipinski definition) is 2. The summed E-state index contributed by atoms with van der Waals surface area (Å²) >= 11 is 0. The van der Waals surface area contributed by atoms with Gasteiger partial charge < -0.3 is 4.90 Å². The highest BCUT2D eigenvalue weighted by Crippen LogP contribution is 2.24. The average Bonchev–Trinajstić information content (AvgIpc) is 2.49. The van der Waals surface area contributed by atoms with Gasteiger partial charge in [-0.2, -0.15) is 0 Å². The second-order valence-electron chi connectivity index (χ2n) is 4.81. The van der Waals surface area contributed by atoms with E-state index in [0.29, 0.717) is 31.5 Å². The molecule has 112 valence electrons. The molecule has 1 aromatic rings. The van der Waals surface area contributed by atoms with E-state index < -0.39 is 4.92 Å². The molecule has 0 bridgehead atoms. The van der Waals surface area contributed by atoms with E-state index in [1.54, 1.807) is 11.0 Å². The van der Waals surface area contributed by atoms with Gasteiger partial charge in [0.1, 0.15) is 0 Å². The normalized spacial score (nSPS) is 13.8. The molecule has 0 fully saturated rings. The van der Waals surface area contributed by atoms with Crippen molar-refractivity contribution in [3.8, 4) is 0 Å². The van der Waals surface area contributed by atoms with Crippen molar-refractivity contribution in [1.82, 2.24) is 10.3 Å². The minimum atomic E-state index is -0.516. The number of rotatable bonds is 5. The van der Waals surface area contributed by atoms with Gasteiger partial charge >= 0.3 is 0 Å². The van der Waals surface area contributed by atoms with Gasteiger partial charge in [-0.25, -0.2) is 5.84 Å². The van der Waals surface area contributed by atoms with Crippen LogP contribution in [0.2, 0.25) is 0 Å². The summed E-state index contributed by atoms with van der Waals surface area (Å²) in [5.74, 6) is 4.47. The largest absolute Gasteiger partial charge is 0.338 e. The summed E-state index contributed by atoms with van der Waals surface area (Å²) in [4.78, 5) is 35.2. The summed E-state index contributed by atoms with van der Waals surface area (Å²) in [5.41, 5.74) is 3.14. The van der Waals surface area contributed by atoms with E-state index in [-0.39, 0.29) is 23.9 Å². The molecule has 1 aromatic carbocycles.